The van der Waals surface area contributed by atoms with E-state index in [0.717, 1.165) is 11.7 Å². The van der Waals surface area contributed by atoms with Crippen LogP contribution in [0.15, 0.2) is 18.2 Å². The molecule has 88 valence electrons. The standard InChI is InChI=1S/C15H22O/c1-10(2)15(4)11(3)8-12-6-7-13(16-5)9-14(12)15/h6-7,9-11H,8H2,1-5H3. The lowest BCUT2D eigenvalue weighted by atomic mass is 9.69. The molecule has 16 heavy (non-hydrogen) atoms. The normalized spacial score (nSPS) is 28.2. The van der Waals surface area contributed by atoms with E-state index < -0.39 is 0 Å². The largest absolute Gasteiger partial charge is 0.497 e. The third-order valence-electron chi connectivity index (χ3n) is 4.65. The van der Waals surface area contributed by atoms with Gasteiger partial charge in [-0.3, -0.25) is 0 Å². The van der Waals surface area contributed by atoms with Crippen LogP contribution in [0.1, 0.15) is 38.8 Å². The van der Waals surface area contributed by atoms with Crippen molar-refractivity contribution in [2.24, 2.45) is 11.8 Å². The maximum atomic E-state index is 5.35. The Hall–Kier alpha value is -0.980. The first-order chi connectivity index (χ1) is 7.50. The van der Waals surface area contributed by atoms with Crippen LogP contribution in [0.4, 0.5) is 0 Å². The topological polar surface area (TPSA) is 9.23 Å². The van der Waals surface area contributed by atoms with Crippen LogP contribution in [0.5, 0.6) is 5.75 Å². The highest BCUT2D eigenvalue weighted by atomic mass is 16.5. The number of hydrogen-bond acceptors (Lipinski definition) is 1. The lowest BCUT2D eigenvalue weighted by Gasteiger charge is -2.35. The van der Waals surface area contributed by atoms with Gasteiger partial charge in [-0.2, -0.15) is 0 Å². The van der Waals surface area contributed by atoms with Crippen LogP contribution in [0.2, 0.25) is 0 Å². The molecular formula is C15H22O. The van der Waals surface area contributed by atoms with Crippen molar-refractivity contribution in [3.63, 3.8) is 0 Å². The van der Waals surface area contributed by atoms with Crippen LogP contribution < -0.4 is 4.74 Å². The molecule has 0 saturated carbocycles. The van der Waals surface area contributed by atoms with Crippen LogP contribution in [-0.2, 0) is 11.8 Å². The van der Waals surface area contributed by atoms with Crippen LogP contribution >= 0.6 is 0 Å². The van der Waals surface area contributed by atoms with Gasteiger partial charge in [0.2, 0.25) is 0 Å². The number of methoxy groups -OCH3 is 1. The first-order valence-corrected chi connectivity index (χ1v) is 6.17. The third kappa shape index (κ3) is 1.45. The predicted molar refractivity (Wildman–Crippen MR) is 68.1 cm³/mol. The lowest BCUT2D eigenvalue weighted by Crippen LogP contribution is -2.32. The van der Waals surface area contributed by atoms with Gasteiger partial charge in [-0.05, 0) is 46.9 Å². The average molecular weight is 218 g/mol. The highest BCUT2D eigenvalue weighted by Crippen LogP contribution is 2.48. The summed E-state index contributed by atoms with van der Waals surface area (Å²) in [5, 5.41) is 0. The number of rotatable bonds is 2. The van der Waals surface area contributed by atoms with Gasteiger partial charge in [0, 0.05) is 0 Å². The Balaban J connectivity index is 2.54. The minimum Gasteiger partial charge on any atom is -0.497 e. The molecule has 2 atom stereocenters. The Morgan fingerprint density at radius 1 is 1.38 bits per heavy atom. The van der Waals surface area contributed by atoms with Crippen molar-refractivity contribution in [3.05, 3.63) is 29.3 Å². The van der Waals surface area contributed by atoms with Crippen LogP contribution in [0.3, 0.4) is 0 Å². The van der Waals surface area contributed by atoms with E-state index in [0.29, 0.717) is 11.3 Å². The molecule has 2 rings (SSSR count). The smallest absolute Gasteiger partial charge is 0.119 e. The molecule has 0 fully saturated rings. The second-order valence-electron chi connectivity index (χ2n) is 5.57. The van der Waals surface area contributed by atoms with E-state index in [1.54, 1.807) is 7.11 Å². The molecule has 1 aliphatic carbocycles. The molecule has 0 aromatic heterocycles. The van der Waals surface area contributed by atoms with Crippen molar-refractivity contribution < 1.29 is 4.74 Å². The fourth-order valence-electron chi connectivity index (χ4n) is 3.05. The summed E-state index contributed by atoms with van der Waals surface area (Å²) in [6.07, 6.45) is 1.20. The molecule has 0 N–H and O–H groups in total. The Bertz CT molecular complexity index is 394. The van der Waals surface area contributed by atoms with Crippen molar-refractivity contribution >= 4 is 0 Å². The average Bonchev–Trinajstić information content (AvgIpc) is 2.52. The lowest BCUT2D eigenvalue weighted by molar-refractivity contribution is 0.252. The number of fused-ring (bicyclic) bond motifs is 1. The third-order valence-corrected chi connectivity index (χ3v) is 4.65. The molecular weight excluding hydrogens is 196 g/mol. The van der Waals surface area contributed by atoms with Crippen LogP contribution in [0.25, 0.3) is 0 Å². The van der Waals surface area contributed by atoms with E-state index in [2.05, 4.69) is 45.9 Å². The zero-order valence-electron chi connectivity index (χ0n) is 11.0. The van der Waals surface area contributed by atoms with Crippen LogP contribution in [0, 0.1) is 11.8 Å². The molecule has 1 nitrogen and oxygen atoms in total. The highest BCUT2D eigenvalue weighted by molar-refractivity contribution is 5.45. The van der Waals surface area contributed by atoms with E-state index in [1.165, 1.54) is 17.5 Å². The molecule has 0 heterocycles. The van der Waals surface area contributed by atoms with Gasteiger partial charge < -0.3 is 4.74 Å². The van der Waals surface area contributed by atoms with Crippen molar-refractivity contribution in [1.82, 2.24) is 0 Å². The zero-order valence-corrected chi connectivity index (χ0v) is 11.0. The van der Waals surface area contributed by atoms with Crippen molar-refractivity contribution in [3.8, 4) is 5.75 Å². The van der Waals surface area contributed by atoms with E-state index in [-0.39, 0.29) is 0 Å². The zero-order chi connectivity index (χ0) is 11.9. The first kappa shape index (κ1) is 11.5. The molecule has 0 aliphatic heterocycles. The molecule has 0 saturated heterocycles. The second-order valence-corrected chi connectivity index (χ2v) is 5.57. The number of hydrogen-bond donors (Lipinski definition) is 0. The van der Waals surface area contributed by atoms with Crippen LogP contribution in [-0.4, -0.2) is 7.11 Å². The Morgan fingerprint density at radius 3 is 2.62 bits per heavy atom. The van der Waals surface area contributed by atoms with Gasteiger partial charge in [0.1, 0.15) is 5.75 Å². The molecule has 0 radical (unpaired) electrons. The fraction of sp³-hybridized carbons (Fsp3) is 0.600. The SMILES string of the molecule is COc1ccc2c(c1)C(C)(C(C)C)C(C)C2. The van der Waals surface area contributed by atoms with Gasteiger partial charge in [-0.15, -0.1) is 0 Å². The minimum absolute atomic E-state index is 0.296. The summed E-state index contributed by atoms with van der Waals surface area (Å²) in [7, 11) is 1.74. The predicted octanol–water partition coefficient (Wildman–Crippen LogP) is 3.80. The fourth-order valence-corrected chi connectivity index (χ4v) is 3.05. The minimum atomic E-state index is 0.296. The van der Waals surface area contributed by atoms with Crippen molar-refractivity contribution in [2.75, 3.05) is 7.11 Å². The summed E-state index contributed by atoms with van der Waals surface area (Å²) in [4.78, 5) is 0. The number of ether oxygens (including phenoxy) is 1. The summed E-state index contributed by atoms with van der Waals surface area (Å²) in [5.74, 6) is 2.37. The Labute approximate surface area is 98.8 Å². The molecule has 0 spiro atoms. The molecule has 0 bridgehead atoms. The molecule has 1 heteroatoms. The highest BCUT2D eigenvalue weighted by Gasteiger charge is 2.42. The van der Waals surface area contributed by atoms with Crippen molar-refractivity contribution in [2.45, 2.75) is 39.5 Å². The van der Waals surface area contributed by atoms with Gasteiger partial charge in [0.15, 0.2) is 0 Å². The molecule has 0 amide bonds. The van der Waals surface area contributed by atoms with Gasteiger partial charge in [0.05, 0.1) is 7.11 Å². The summed E-state index contributed by atoms with van der Waals surface area (Å²) in [6.45, 7) is 9.41. The molecule has 2 unspecified atom stereocenters. The van der Waals surface area contributed by atoms with Gasteiger partial charge >= 0.3 is 0 Å². The quantitative estimate of drug-likeness (QED) is 0.733. The summed E-state index contributed by atoms with van der Waals surface area (Å²) >= 11 is 0. The van der Waals surface area contributed by atoms with Gasteiger partial charge in [-0.1, -0.05) is 33.8 Å². The molecule has 1 aromatic carbocycles. The summed E-state index contributed by atoms with van der Waals surface area (Å²) < 4.78 is 5.35. The van der Waals surface area contributed by atoms with Gasteiger partial charge in [0.25, 0.3) is 0 Å². The Morgan fingerprint density at radius 2 is 2.06 bits per heavy atom. The summed E-state index contributed by atoms with van der Waals surface area (Å²) in [6, 6.07) is 6.55. The molecule has 1 aliphatic rings. The molecule has 1 aromatic rings. The first-order valence-electron chi connectivity index (χ1n) is 6.17. The maximum Gasteiger partial charge on any atom is 0.119 e. The summed E-state index contributed by atoms with van der Waals surface area (Å²) in [5.41, 5.74) is 3.29. The number of benzene rings is 1. The van der Waals surface area contributed by atoms with Crippen molar-refractivity contribution in [1.29, 1.82) is 0 Å². The van der Waals surface area contributed by atoms with E-state index in [9.17, 15) is 0 Å². The Kier molecular flexibility index (Phi) is 2.73. The second kappa shape index (κ2) is 3.80. The van der Waals surface area contributed by atoms with E-state index in [4.69, 9.17) is 4.74 Å². The van der Waals surface area contributed by atoms with Gasteiger partial charge in [-0.25, -0.2) is 0 Å². The maximum absolute atomic E-state index is 5.35. The van der Waals surface area contributed by atoms with E-state index in [1.807, 2.05) is 0 Å². The van der Waals surface area contributed by atoms with E-state index >= 15 is 0 Å². The monoisotopic (exact) mass is 218 g/mol.